The topological polar surface area (TPSA) is 114 Å². The van der Waals surface area contributed by atoms with Crippen LogP contribution in [0.4, 0.5) is 10.8 Å². The van der Waals surface area contributed by atoms with Crippen molar-refractivity contribution >= 4 is 48.4 Å². The lowest BCUT2D eigenvalue weighted by Gasteiger charge is -2.04. The van der Waals surface area contributed by atoms with Crippen LogP contribution in [0.2, 0.25) is 0 Å². The zero-order valence-electron chi connectivity index (χ0n) is 10.7. The molecule has 3 heterocycles. The minimum atomic E-state index is -3.80. The Labute approximate surface area is 118 Å². The molecule has 0 saturated carbocycles. The Hall–Kier alpha value is -1.91. The van der Waals surface area contributed by atoms with Crippen molar-refractivity contribution in [2.24, 2.45) is 5.14 Å². The van der Waals surface area contributed by atoms with Crippen LogP contribution < -0.4 is 15.2 Å². The standard InChI is InChI=1S/C10H12N6O2S2/c1-5-4-13-9-8(12-2)14-6-3-7(15-20(11,17)18)19-10(6)16(5)9/h3-4,15H,1-2H3,(H,12,14)(H2,11,17,18). The Bertz CT molecular complexity index is 911. The van der Waals surface area contributed by atoms with Gasteiger partial charge in [-0.3, -0.25) is 9.12 Å². The van der Waals surface area contributed by atoms with Crippen LogP contribution in [0.15, 0.2) is 12.3 Å². The van der Waals surface area contributed by atoms with E-state index in [0.717, 1.165) is 10.5 Å². The van der Waals surface area contributed by atoms with Gasteiger partial charge in [0, 0.05) is 25.0 Å². The summed E-state index contributed by atoms with van der Waals surface area (Å²) < 4.78 is 26.4. The zero-order valence-corrected chi connectivity index (χ0v) is 12.3. The summed E-state index contributed by atoms with van der Waals surface area (Å²) in [6, 6.07) is 1.64. The van der Waals surface area contributed by atoms with E-state index in [9.17, 15) is 8.42 Å². The van der Waals surface area contributed by atoms with Gasteiger partial charge in [-0.15, -0.1) is 0 Å². The van der Waals surface area contributed by atoms with E-state index in [4.69, 9.17) is 5.14 Å². The molecule has 0 bridgehead atoms. The molecule has 0 aromatic carbocycles. The number of nitrogens with two attached hydrogens (primary N) is 1. The maximum Gasteiger partial charge on any atom is 0.297 e. The number of nitrogens with one attached hydrogen (secondary N) is 2. The van der Waals surface area contributed by atoms with Gasteiger partial charge in [0.15, 0.2) is 11.5 Å². The Kier molecular flexibility index (Phi) is 2.81. The summed E-state index contributed by atoms with van der Waals surface area (Å²) in [4.78, 5) is 9.54. The highest BCUT2D eigenvalue weighted by molar-refractivity contribution is 7.90. The van der Waals surface area contributed by atoms with Gasteiger partial charge in [-0.1, -0.05) is 11.3 Å². The number of fused-ring (bicyclic) bond motifs is 3. The van der Waals surface area contributed by atoms with E-state index >= 15 is 0 Å². The third kappa shape index (κ3) is 2.07. The van der Waals surface area contributed by atoms with Crippen LogP contribution in [-0.2, 0) is 10.2 Å². The third-order valence-corrected chi connectivity index (χ3v) is 4.42. The molecular formula is C10H12N6O2S2. The lowest BCUT2D eigenvalue weighted by Crippen LogP contribution is -2.20. The first kappa shape index (κ1) is 13.1. The first-order chi connectivity index (χ1) is 9.39. The molecule has 3 rings (SSSR count). The minimum absolute atomic E-state index is 0.414. The Morgan fingerprint density at radius 2 is 2.20 bits per heavy atom. The Morgan fingerprint density at radius 1 is 1.45 bits per heavy atom. The minimum Gasteiger partial charge on any atom is -0.370 e. The van der Waals surface area contributed by atoms with Crippen molar-refractivity contribution in [2.45, 2.75) is 6.92 Å². The summed E-state index contributed by atoms with van der Waals surface area (Å²) in [5.74, 6) is 0.630. The van der Waals surface area contributed by atoms with Crippen molar-refractivity contribution in [3.8, 4) is 0 Å². The van der Waals surface area contributed by atoms with Gasteiger partial charge in [0.25, 0.3) is 10.2 Å². The molecule has 0 aliphatic heterocycles. The second-order valence-electron chi connectivity index (χ2n) is 4.22. The molecule has 0 aliphatic rings. The molecule has 0 amide bonds. The average Bonchev–Trinajstić information content (AvgIpc) is 2.89. The number of hydrogen-bond acceptors (Lipinski definition) is 6. The summed E-state index contributed by atoms with van der Waals surface area (Å²) in [7, 11) is -2.04. The maximum atomic E-state index is 11.1. The van der Waals surface area contributed by atoms with Crippen LogP contribution in [0.5, 0.6) is 0 Å². The highest BCUT2D eigenvalue weighted by atomic mass is 32.2. The highest BCUT2D eigenvalue weighted by Gasteiger charge is 2.15. The molecule has 8 nitrogen and oxygen atoms in total. The molecule has 0 atom stereocenters. The number of rotatable bonds is 3. The summed E-state index contributed by atoms with van der Waals surface area (Å²) in [6.07, 6.45) is 1.74. The van der Waals surface area contributed by atoms with Crippen LogP contribution in [0.25, 0.3) is 16.0 Å². The molecule has 4 N–H and O–H groups in total. The third-order valence-electron chi connectivity index (χ3n) is 2.76. The fraction of sp³-hybridized carbons (Fsp3) is 0.200. The molecule has 0 unspecified atom stereocenters. The van der Waals surface area contributed by atoms with Crippen molar-refractivity contribution in [1.82, 2.24) is 14.4 Å². The van der Waals surface area contributed by atoms with Crippen molar-refractivity contribution in [1.29, 1.82) is 0 Å². The number of anilines is 2. The van der Waals surface area contributed by atoms with E-state index in [1.54, 1.807) is 19.3 Å². The van der Waals surface area contributed by atoms with Crippen LogP contribution in [0, 0.1) is 6.92 Å². The van der Waals surface area contributed by atoms with Crippen LogP contribution in [0.3, 0.4) is 0 Å². The smallest absolute Gasteiger partial charge is 0.297 e. The number of nitrogens with zero attached hydrogens (tertiary/aromatic N) is 3. The molecule has 3 aromatic rings. The van der Waals surface area contributed by atoms with E-state index in [1.807, 2.05) is 11.3 Å². The largest absolute Gasteiger partial charge is 0.370 e. The Balaban J connectivity index is 2.33. The van der Waals surface area contributed by atoms with Gasteiger partial charge in [-0.2, -0.15) is 8.42 Å². The predicted molar refractivity (Wildman–Crippen MR) is 79.4 cm³/mol. The molecular weight excluding hydrogens is 300 g/mol. The SMILES string of the molecule is CNc1nc2cc(NS(N)(=O)=O)sc2n2c(C)cnc12. The molecule has 3 aromatic heterocycles. The van der Waals surface area contributed by atoms with Gasteiger partial charge in [0.1, 0.15) is 15.3 Å². The van der Waals surface area contributed by atoms with Gasteiger partial charge >= 0.3 is 0 Å². The quantitative estimate of drug-likeness (QED) is 0.665. The maximum absolute atomic E-state index is 11.1. The lowest BCUT2D eigenvalue weighted by molar-refractivity contribution is 0.603. The second-order valence-corrected chi connectivity index (χ2v) is 6.54. The van der Waals surface area contributed by atoms with Gasteiger partial charge < -0.3 is 5.32 Å². The first-order valence-corrected chi connectivity index (χ1v) is 8.01. The van der Waals surface area contributed by atoms with E-state index in [1.165, 1.54) is 11.3 Å². The summed E-state index contributed by atoms with van der Waals surface area (Å²) >= 11 is 1.25. The fourth-order valence-electron chi connectivity index (χ4n) is 2.00. The molecule has 0 fully saturated rings. The van der Waals surface area contributed by atoms with E-state index in [-0.39, 0.29) is 0 Å². The lowest BCUT2D eigenvalue weighted by atomic mass is 10.4. The van der Waals surface area contributed by atoms with E-state index in [2.05, 4.69) is 20.0 Å². The number of imidazole rings is 1. The summed E-state index contributed by atoms with van der Waals surface area (Å²) in [5, 5.41) is 8.38. The van der Waals surface area contributed by atoms with E-state index in [0.29, 0.717) is 22.0 Å². The first-order valence-electron chi connectivity index (χ1n) is 5.65. The molecule has 10 heteroatoms. The predicted octanol–water partition coefficient (Wildman–Crippen LogP) is 0.910. The summed E-state index contributed by atoms with van der Waals surface area (Å²) in [6.45, 7) is 1.92. The number of aromatic nitrogens is 3. The van der Waals surface area contributed by atoms with Gasteiger partial charge in [0.05, 0.1) is 0 Å². The van der Waals surface area contributed by atoms with E-state index < -0.39 is 10.2 Å². The normalized spacial score (nSPS) is 12.2. The van der Waals surface area contributed by atoms with Crippen LogP contribution >= 0.6 is 11.3 Å². The van der Waals surface area contributed by atoms with Crippen molar-refractivity contribution < 1.29 is 8.42 Å². The average molecular weight is 312 g/mol. The van der Waals surface area contributed by atoms with Gasteiger partial charge in [0.2, 0.25) is 0 Å². The molecule has 0 spiro atoms. The molecule has 0 saturated heterocycles. The number of thiophene rings is 1. The van der Waals surface area contributed by atoms with Crippen molar-refractivity contribution in [3.63, 3.8) is 0 Å². The fourth-order valence-corrected chi connectivity index (χ4v) is 3.77. The van der Waals surface area contributed by atoms with Crippen molar-refractivity contribution in [3.05, 3.63) is 18.0 Å². The van der Waals surface area contributed by atoms with Gasteiger partial charge in [-0.05, 0) is 6.92 Å². The highest BCUT2D eigenvalue weighted by Crippen LogP contribution is 2.32. The van der Waals surface area contributed by atoms with Crippen LogP contribution in [0.1, 0.15) is 5.69 Å². The molecule has 106 valence electrons. The van der Waals surface area contributed by atoms with Crippen LogP contribution in [-0.4, -0.2) is 29.8 Å². The monoisotopic (exact) mass is 312 g/mol. The Morgan fingerprint density at radius 3 is 2.85 bits per heavy atom. The molecule has 0 radical (unpaired) electrons. The molecule has 0 aliphatic carbocycles. The second kappa shape index (κ2) is 4.30. The summed E-state index contributed by atoms with van der Waals surface area (Å²) in [5.41, 5.74) is 2.30. The number of aryl methyl sites for hydroxylation is 1. The number of hydrogen-bond donors (Lipinski definition) is 3. The zero-order chi connectivity index (χ0) is 14.5. The van der Waals surface area contributed by atoms with Crippen molar-refractivity contribution in [2.75, 3.05) is 17.1 Å². The molecule has 20 heavy (non-hydrogen) atoms. The van der Waals surface area contributed by atoms with Gasteiger partial charge in [-0.25, -0.2) is 15.1 Å².